The molecule has 0 aliphatic carbocycles. The first kappa shape index (κ1) is 28.5. The molecular weight excluding hydrogens is 488 g/mol. The maximum absolute atomic E-state index is 11.5. The third-order valence-electron chi connectivity index (χ3n) is 6.00. The standard InChI is InChI=1S/2C14H18N2O3/c2*1-19-14(18)10-7-11(9-12(17)8-10)16-13-5-3-2-4-6-15-13/h2*7-9,17H,2-6H2,1H3,(H,15,16). The number of phenols is 2. The zero-order valence-electron chi connectivity index (χ0n) is 22.0. The van der Waals surface area contributed by atoms with Crippen LogP contribution in [-0.4, -0.2) is 61.1 Å². The lowest BCUT2D eigenvalue weighted by Gasteiger charge is -2.10. The molecule has 0 saturated carbocycles. The molecule has 2 aliphatic heterocycles. The van der Waals surface area contributed by atoms with E-state index in [1.807, 2.05) is 0 Å². The van der Waals surface area contributed by atoms with Crippen LogP contribution >= 0.6 is 0 Å². The van der Waals surface area contributed by atoms with E-state index >= 15 is 0 Å². The van der Waals surface area contributed by atoms with E-state index in [1.54, 1.807) is 24.3 Å². The van der Waals surface area contributed by atoms with Gasteiger partial charge in [0.1, 0.15) is 23.2 Å². The van der Waals surface area contributed by atoms with E-state index in [0.29, 0.717) is 22.5 Å². The Hall–Kier alpha value is -4.08. The number of nitrogens with zero attached hydrogens (tertiary/aromatic N) is 2. The first-order chi connectivity index (χ1) is 18.4. The van der Waals surface area contributed by atoms with Crippen LogP contribution in [0.1, 0.15) is 72.1 Å². The van der Waals surface area contributed by atoms with Crippen LogP contribution in [0.5, 0.6) is 11.5 Å². The van der Waals surface area contributed by atoms with Crippen molar-refractivity contribution in [1.82, 2.24) is 0 Å². The Morgan fingerprint density at radius 1 is 0.658 bits per heavy atom. The molecule has 0 fully saturated rings. The topological polar surface area (TPSA) is 142 Å². The van der Waals surface area contributed by atoms with Crippen molar-refractivity contribution in [3.63, 3.8) is 0 Å². The number of rotatable bonds is 4. The Labute approximate surface area is 222 Å². The number of aliphatic imine (C=N–C) groups is 2. The second-order valence-electron chi connectivity index (χ2n) is 9.05. The van der Waals surface area contributed by atoms with E-state index in [9.17, 15) is 19.8 Å². The van der Waals surface area contributed by atoms with Gasteiger partial charge in [-0.1, -0.05) is 12.8 Å². The minimum atomic E-state index is -0.471. The summed E-state index contributed by atoms with van der Waals surface area (Å²) in [6, 6.07) is 9.20. The quantitative estimate of drug-likeness (QED) is 0.404. The maximum Gasteiger partial charge on any atom is 0.338 e. The van der Waals surface area contributed by atoms with Crippen molar-refractivity contribution in [2.45, 2.75) is 51.4 Å². The summed E-state index contributed by atoms with van der Waals surface area (Å²) < 4.78 is 9.30. The fourth-order valence-electron chi connectivity index (χ4n) is 4.12. The SMILES string of the molecule is COC(=O)c1cc(O)cc(NC2=NCCCCC2)c1.COC(=O)c1cc(O)cc(NC2=NCCCCC2)c1. The summed E-state index contributed by atoms with van der Waals surface area (Å²) in [6.07, 6.45) is 8.58. The highest BCUT2D eigenvalue weighted by Gasteiger charge is 2.12. The van der Waals surface area contributed by atoms with Crippen molar-refractivity contribution in [3.8, 4) is 11.5 Å². The highest BCUT2D eigenvalue weighted by atomic mass is 16.5. The minimum Gasteiger partial charge on any atom is -0.508 e. The molecule has 4 rings (SSSR count). The van der Waals surface area contributed by atoms with Gasteiger partial charge in [-0.05, 0) is 49.9 Å². The molecule has 0 aromatic heterocycles. The van der Waals surface area contributed by atoms with E-state index in [0.717, 1.165) is 63.3 Å². The lowest BCUT2D eigenvalue weighted by molar-refractivity contribution is 0.0591. The molecule has 0 saturated heterocycles. The summed E-state index contributed by atoms with van der Waals surface area (Å²) in [6.45, 7) is 1.65. The van der Waals surface area contributed by atoms with Crippen LogP contribution < -0.4 is 10.6 Å². The number of phenolic OH excluding ortho intramolecular Hbond substituents is 2. The molecular formula is C28H36N4O6. The number of nitrogens with one attached hydrogen (secondary N) is 2. The largest absolute Gasteiger partial charge is 0.508 e. The van der Waals surface area contributed by atoms with E-state index in [2.05, 4.69) is 30.1 Å². The summed E-state index contributed by atoms with van der Waals surface area (Å²) >= 11 is 0. The number of ether oxygens (including phenoxy) is 2. The molecule has 0 atom stereocenters. The minimum absolute atomic E-state index is 0.0274. The van der Waals surface area contributed by atoms with Crippen LogP contribution in [0.3, 0.4) is 0 Å². The number of benzene rings is 2. The van der Waals surface area contributed by atoms with Gasteiger partial charge in [0.05, 0.1) is 25.3 Å². The van der Waals surface area contributed by atoms with Crippen molar-refractivity contribution in [1.29, 1.82) is 0 Å². The molecule has 0 amide bonds. The number of hydrogen-bond acceptors (Lipinski definition) is 10. The van der Waals surface area contributed by atoms with Gasteiger partial charge in [0, 0.05) is 49.4 Å². The molecule has 0 spiro atoms. The molecule has 204 valence electrons. The summed E-state index contributed by atoms with van der Waals surface area (Å²) in [5.74, 6) is 0.917. The lowest BCUT2D eigenvalue weighted by atomic mass is 10.1. The van der Waals surface area contributed by atoms with Gasteiger partial charge in [0.25, 0.3) is 0 Å². The predicted octanol–water partition coefficient (Wildman–Crippen LogP) is 5.13. The van der Waals surface area contributed by atoms with Gasteiger partial charge in [-0.25, -0.2) is 9.59 Å². The summed E-state index contributed by atoms with van der Waals surface area (Å²) in [7, 11) is 2.63. The van der Waals surface area contributed by atoms with Crippen molar-refractivity contribution in [3.05, 3.63) is 47.5 Å². The van der Waals surface area contributed by atoms with Crippen molar-refractivity contribution in [2.24, 2.45) is 9.98 Å². The fourth-order valence-corrected chi connectivity index (χ4v) is 4.12. The van der Waals surface area contributed by atoms with Gasteiger partial charge in [-0.3, -0.25) is 9.98 Å². The molecule has 2 heterocycles. The lowest BCUT2D eigenvalue weighted by Crippen LogP contribution is -2.12. The highest BCUT2D eigenvalue weighted by molar-refractivity contribution is 5.98. The third kappa shape index (κ3) is 9.10. The second-order valence-corrected chi connectivity index (χ2v) is 9.05. The third-order valence-corrected chi connectivity index (χ3v) is 6.00. The van der Waals surface area contributed by atoms with Gasteiger partial charge in [0.2, 0.25) is 0 Å². The number of anilines is 2. The van der Waals surface area contributed by atoms with Gasteiger partial charge in [-0.2, -0.15) is 0 Å². The zero-order chi connectivity index (χ0) is 27.3. The van der Waals surface area contributed by atoms with Crippen LogP contribution in [-0.2, 0) is 9.47 Å². The summed E-state index contributed by atoms with van der Waals surface area (Å²) in [5, 5.41) is 25.6. The number of carbonyl (C=O) groups excluding carboxylic acids is 2. The first-order valence-electron chi connectivity index (χ1n) is 12.8. The molecule has 4 N–H and O–H groups in total. The van der Waals surface area contributed by atoms with E-state index in [4.69, 9.17) is 0 Å². The van der Waals surface area contributed by atoms with Crippen LogP contribution in [0.4, 0.5) is 11.4 Å². The van der Waals surface area contributed by atoms with Crippen LogP contribution in [0, 0.1) is 0 Å². The summed E-state index contributed by atoms with van der Waals surface area (Å²) in [4.78, 5) is 31.8. The van der Waals surface area contributed by atoms with Crippen LogP contribution in [0.2, 0.25) is 0 Å². The highest BCUT2D eigenvalue weighted by Crippen LogP contribution is 2.23. The number of amidine groups is 2. The van der Waals surface area contributed by atoms with Crippen molar-refractivity contribution >= 4 is 35.0 Å². The van der Waals surface area contributed by atoms with Crippen molar-refractivity contribution < 1.29 is 29.3 Å². The number of esters is 2. The van der Waals surface area contributed by atoms with Gasteiger partial charge < -0.3 is 30.3 Å². The smallest absolute Gasteiger partial charge is 0.338 e. The van der Waals surface area contributed by atoms with E-state index in [-0.39, 0.29) is 11.5 Å². The Kier molecular flexibility index (Phi) is 11.0. The summed E-state index contributed by atoms with van der Waals surface area (Å²) in [5.41, 5.74) is 1.94. The Balaban J connectivity index is 0.000000211. The van der Waals surface area contributed by atoms with E-state index in [1.165, 1.54) is 39.2 Å². The van der Waals surface area contributed by atoms with Crippen LogP contribution in [0.15, 0.2) is 46.4 Å². The number of methoxy groups -OCH3 is 2. The molecule has 2 aromatic carbocycles. The van der Waals surface area contributed by atoms with Gasteiger partial charge in [-0.15, -0.1) is 0 Å². The number of hydrogen-bond donors (Lipinski definition) is 4. The molecule has 2 aliphatic rings. The molecule has 0 bridgehead atoms. The predicted molar refractivity (Wildman–Crippen MR) is 148 cm³/mol. The average Bonchev–Trinajstić information content (AvgIpc) is 3.32. The Morgan fingerprint density at radius 3 is 1.47 bits per heavy atom. The Bertz CT molecular complexity index is 1090. The maximum atomic E-state index is 11.5. The zero-order valence-corrected chi connectivity index (χ0v) is 22.0. The van der Waals surface area contributed by atoms with Gasteiger partial charge in [0.15, 0.2) is 0 Å². The normalized spacial score (nSPS) is 15.3. The molecule has 10 nitrogen and oxygen atoms in total. The molecule has 38 heavy (non-hydrogen) atoms. The van der Waals surface area contributed by atoms with Crippen LogP contribution in [0.25, 0.3) is 0 Å². The first-order valence-corrected chi connectivity index (χ1v) is 12.8. The van der Waals surface area contributed by atoms with E-state index < -0.39 is 11.9 Å². The molecule has 0 radical (unpaired) electrons. The van der Waals surface area contributed by atoms with Gasteiger partial charge >= 0.3 is 11.9 Å². The fraction of sp³-hybridized carbons (Fsp3) is 0.429. The molecule has 0 unspecified atom stereocenters. The average molecular weight is 525 g/mol. The second kappa shape index (κ2) is 14.6. The Morgan fingerprint density at radius 2 is 1.08 bits per heavy atom. The monoisotopic (exact) mass is 524 g/mol. The molecule has 10 heteroatoms. The molecule has 2 aromatic rings. The van der Waals surface area contributed by atoms with Crippen molar-refractivity contribution in [2.75, 3.05) is 37.9 Å². The number of carbonyl (C=O) groups is 2. The number of aromatic hydroxyl groups is 2.